The SMILES string of the molecule is OCC(CO)C1CSSC1. The Kier molecular flexibility index (Phi) is 3.91. The van der Waals surface area contributed by atoms with Crippen LogP contribution < -0.4 is 0 Å². The van der Waals surface area contributed by atoms with E-state index in [0.717, 1.165) is 11.5 Å². The standard InChI is InChI=1S/C6H12O2S2/c7-1-5(2-8)6-3-9-10-4-6/h5-8H,1-4H2. The van der Waals surface area contributed by atoms with Gasteiger partial charge < -0.3 is 10.2 Å². The highest BCUT2D eigenvalue weighted by Crippen LogP contribution is 2.37. The molecule has 0 spiro atoms. The van der Waals surface area contributed by atoms with Gasteiger partial charge in [0.1, 0.15) is 0 Å². The van der Waals surface area contributed by atoms with Crippen LogP contribution in [0.15, 0.2) is 0 Å². The van der Waals surface area contributed by atoms with Crippen LogP contribution >= 0.6 is 21.6 Å². The van der Waals surface area contributed by atoms with E-state index in [2.05, 4.69) is 0 Å². The first-order chi connectivity index (χ1) is 4.88. The topological polar surface area (TPSA) is 40.5 Å². The van der Waals surface area contributed by atoms with E-state index in [0.29, 0.717) is 5.92 Å². The molecule has 0 aromatic carbocycles. The zero-order valence-electron chi connectivity index (χ0n) is 5.69. The molecule has 0 saturated carbocycles. The maximum atomic E-state index is 8.81. The van der Waals surface area contributed by atoms with E-state index in [4.69, 9.17) is 10.2 Å². The van der Waals surface area contributed by atoms with Gasteiger partial charge in [0.2, 0.25) is 0 Å². The van der Waals surface area contributed by atoms with Crippen molar-refractivity contribution in [2.75, 3.05) is 24.7 Å². The first-order valence-corrected chi connectivity index (χ1v) is 5.83. The molecule has 1 rings (SSSR count). The third kappa shape index (κ3) is 2.05. The summed E-state index contributed by atoms with van der Waals surface area (Å²) >= 11 is 0. The van der Waals surface area contributed by atoms with Crippen molar-refractivity contribution in [1.29, 1.82) is 0 Å². The summed E-state index contributed by atoms with van der Waals surface area (Å²) in [5.41, 5.74) is 0. The second kappa shape index (κ2) is 4.49. The fourth-order valence-electron chi connectivity index (χ4n) is 0.947. The normalized spacial score (nSPS) is 20.7. The molecule has 4 heteroatoms. The quantitative estimate of drug-likeness (QED) is 0.624. The second-order valence-electron chi connectivity index (χ2n) is 2.45. The molecule has 0 atom stereocenters. The average Bonchev–Trinajstić information content (AvgIpc) is 2.43. The van der Waals surface area contributed by atoms with Gasteiger partial charge in [-0.15, -0.1) is 0 Å². The van der Waals surface area contributed by atoms with E-state index in [-0.39, 0.29) is 19.1 Å². The molecule has 1 saturated heterocycles. The average molecular weight is 180 g/mol. The van der Waals surface area contributed by atoms with Gasteiger partial charge in [0.05, 0.1) is 0 Å². The lowest BCUT2D eigenvalue weighted by molar-refractivity contribution is 0.122. The van der Waals surface area contributed by atoms with Gasteiger partial charge in [0.15, 0.2) is 0 Å². The van der Waals surface area contributed by atoms with Crippen LogP contribution in [0.4, 0.5) is 0 Å². The van der Waals surface area contributed by atoms with Crippen molar-refractivity contribution in [2.45, 2.75) is 0 Å². The highest BCUT2D eigenvalue weighted by molar-refractivity contribution is 8.77. The maximum Gasteiger partial charge on any atom is 0.0484 e. The zero-order valence-corrected chi connectivity index (χ0v) is 7.33. The van der Waals surface area contributed by atoms with Crippen molar-refractivity contribution in [3.05, 3.63) is 0 Å². The minimum absolute atomic E-state index is 0.113. The summed E-state index contributed by atoms with van der Waals surface area (Å²) in [6.45, 7) is 0.255. The molecule has 10 heavy (non-hydrogen) atoms. The second-order valence-corrected chi connectivity index (χ2v) is 5.01. The third-order valence-corrected chi connectivity index (χ3v) is 4.39. The lowest BCUT2D eigenvalue weighted by Crippen LogP contribution is -2.23. The Morgan fingerprint density at radius 1 is 1.20 bits per heavy atom. The molecule has 1 aliphatic rings. The van der Waals surface area contributed by atoms with Gasteiger partial charge in [0, 0.05) is 30.6 Å². The highest BCUT2D eigenvalue weighted by Gasteiger charge is 2.24. The van der Waals surface area contributed by atoms with Gasteiger partial charge in [-0.2, -0.15) is 0 Å². The number of hydrogen-bond donors (Lipinski definition) is 2. The molecule has 0 amide bonds. The minimum Gasteiger partial charge on any atom is -0.396 e. The van der Waals surface area contributed by atoms with Crippen molar-refractivity contribution >= 4 is 21.6 Å². The van der Waals surface area contributed by atoms with Crippen LogP contribution in [0.1, 0.15) is 0 Å². The Bertz CT molecular complexity index is 89.7. The maximum absolute atomic E-state index is 8.81. The molecule has 2 N–H and O–H groups in total. The molecule has 60 valence electrons. The molecule has 0 aromatic rings. The Labute approximate surface area is 68.8 Å². The molecule has 1 aliphatic heterocycles. The zero-order chi connectivity index (χ0) is 7.40. The van der Waals surface area contributed by atoms with E-state index < -0.39 is 0 Å². The molecule has 2 nitrogen and oxygen atoms in total. The van der Waals surface area contributed by atoms with Crippen LogP contribution in [0.3, 0.4) is 0 Å². The van der Waals surface area contributed by atoms with E-state index in [9.17, 15) is 0 Å². The van der Waals surface area contributed by atoms with Crippen molar-refractivity contribution in [1.82, 2.24) is 0 Å². The molecular formula is C6H12O2S2. The molecule has 0 bridgehead atoms. The van der Waals surface area contributed by atoms with E-state index in [1.54, 1.807) is 0 Å². The smallest absolute Gasteiger partial charge is 0.0484 e. The van der Waals surface area contributed by atoms with Gasteiger partial charge >= 0.3 is 0 Å². The Morgan fingerprint density at radius 2 is 1.70 bits per heavy atom. The Balaban J connectivity index is 2.29. The minimum atomic E-state index is 0.113. The predicted molar refractivity (Wildman–Crippen MR) is 46.1 cm³/mol. The fraction of sp³-hybridized carbons (Fsp3) is 1.00. The monoisotopic (exact) mass is 180 g/mol. The summed E-state index contributed by atoms with van der Waals surface area (Å²) in [4.78, 5) is 0. The van der Waals surface area contributed by atoms with Gasteiger partial charge in [-0.3, -0.25) is 0 Å². The molecule has 0 radical (unpaired) electrons. The van der Waals surface area contributed by atoms with Crippen molar-refractivity contribution in [3.63, 3.8) is 0 Å². The summed E-state index contributed by atoms with van der Waals surface area (Å²) in [6, 6.07) is 0. The summed E-state index contributed by atoms with van der Waals surface area (Å²) in [5.74, 6) is 2.79. The molecule has 0 aromatic heterocycles. The van der Waals surface area contributed by atoms with E-state index >= 15 is 0 Å². The van der Waals surface area contributed by atoms with Gasteiger partial charge in [-0.25, -0.2) is 0 Å². The van der Waals surface area contributed by atoms with Crippen LogP contribution in [0, 0.1) is 11.8 Å². The molecule has 1 fully saturated rings. The van der Waals surface area contributed by atoms with Gasteiger partial charge in [-0.05, 0) is 5.92 Å². The van der Waals surface area contributed by atoms with E-state index in [1.165, 1.54) is 0 Å². The van der Waals surface area contributed by atoms with Crippen LogP contribution in [-0.4, -0.2) is 34.9 Å². The molecule has 1 heterocycles. The fourth-order valence-corrected chi connectivity index (χ4v) is 4.04. The van der Waals surface area contributed by atoms with Crippen LogP contribution in [0.25, 0.3) is 0 Å². The number of aliphatic hydroxyl groups excluding tert-OH is 2. The van der Waals surface area contributed by atoms with Crippen molar-refractivity contribution < 1.29 is 10.2 Å². The third-order valence-electron chi connectivity index (χ3n) is 1.78. The molecule has 0 aliphatic carbocycles. The summed E-state index contributed by atoms with van der Waals surface area (Å²) in [6.07, 6.45) is 0. The Hall–Kier alpha value is 0.620. The Morgan fingerprint density at radius 3 is 2.10 bits per heavy atom. The van der Waals surface area contributed by atoms with Crippen molar-refractivity contribution in [3.8, 4) is 0 Å². The highest BCUT2D eigenvalue weighted by atomic mass is 33.1. The first kappa shape index (κ1) is 8.71. The van der Waals surface area contributed by atoms with Gasteiger partial charge in [0.25, 0.3) is 0 Å². The van der Waals surface area contributed by atoms with Crippen LogP contribution in [0.2, 0.25) is 0 Å². The molecular weight excluding hydrogens is 168 g/mol. The lowest BCUT2D eigenvalue weighted by Gasteiger charge is -2.16. The van der Waals surface area contributed by atoms with Crippen LogP contribution in [0.5, 0.6) is 0 Å². The first-order valence-electron chi connectivity index (χ1n) is 3.34. The summed E-state index contributed by atoms with van der Waals surface area (Å²) in [5, 5.41) is 17.6. The lowest BCUT2D eigenvalue weighted by atomic mass is 9.98. The largest absolute Gasteiger partial charge is 0.396 e. The van der Waals surface area contributed by atoms with Gasteiger partial charge in [-0.1, -0.05) is 21.6 Å². The molecule has 0 unspecified atom stereocenters. The number of aliphatic hydroxyl groups is 2. The van der Waals surface area contributed by atoms with Crippen molar-refractivity contribution in [2.24, 2.45) is 11.8 Å². The predicted octanol–water partition coefficient (Wildman–Crippen LogP) is 0.598. The number of hydrogen-bond acceptors (Lipinski definition) is 4. The summed E-state index contributed by atoms with van der Waals surface area (Å²) < 4.78 is 0. The van der Waals surface area contributed by atoms with Crippen LogP contribution in [-0.2, 0) is 0 Å². The van der Waals surface area contributed by atoms with E-state index in [1.807, 2.05) is 21.6 Å². The number of rotatable bonds is 3. The summed E-state index contributed by atoms with van der Waals surface area (Å²) in [7, 11) is 3.67.